The third-order valence-corrected chi connectivity index (χ3v) is 7.42. The molecular formula is C35H39FN2O5. The van der Waals surface area contributed by atoms with Crippen LogP contribution in [-0.2, 0) is 22.5 Å². The fraction of sp³-hybridized carbons (Fsp3) is 0.314. The summed E-state index contributed by atoms with van der Waals surface area (Å²) in [7, 11) is 1.25. The molecule has 1 aromatic heterocycles. The van der Waals surface area contributed by atoms with E-state index in [1.165, 1.54) is 19.2 Å². The first kappa shape index (κ1) is 31.7. The minimum absolute atomic E-state index is 0.000665. The first-order valence-electron chi connectivity index (χ1n) is 14.5. The molecule has 43 heavy (non-hydrogen) atoms. The summed E-state index contributed by atoms with van der Waals surface area (Å²) in [6, 6.07) is 25.4. The second-order valence-electron chi connectivity index (χ2n) is 10.9. The van der Waals surface area contributed by atoms with Crippen LogP contribution in [0, 0.1) is 5.82 Å². The van der Waals surface area contributed by atoms with E-state index in [-0.39, 0.29) is 37.0 Å². The van der Waals surface area contributed by atoms with Crippen LogP contribution < -0.4 is 5.32 Å². The van der Waals surface area contributed by atoms with Crippen LogP contribution in [0.5, 0.6) is 0 Å². The number of esters is 1. The highest BCUT2D eigenvalue weighted by Crippen LogP contribution is 2.42. The van der Waals surface area contributed by atoms with Crippen molar-refractivity contribution >= 4 is 11.9 Å². The molecule has 3 N–H and O–H groups in total. The molecule has 0 bridgehead atoms. The van der Waals surface area contributed by atoms with Crippen LogP contribution in [0.1, 0.15) is 60.9 Å². The van der Waals surface area contributed by atoms with Gasteiger partial charge in [-0.2, -0.15) is 0 Å². The molecule has 0 fully saturated rings. The highest BCUT2D eigenvalue weighted by molar-refractivity contribution is 6.05. The number of carbonyl (C=O) groups is 2. The summed E-state index contributed by atoms with van der Waals surface area (Å²) in [6.45, 7) is 4.34. The zero-order chi connectivity index (χ0) is 30.9. The number of carbonyl (C=O) groups excluding carboxylic acids is 2. The second kappa shape index (κ2) is 14.8. The molecule has 4 aromatic rings. The molecule has 0 aliphatic heterocycles. The van der Waals surface area contributed by atoms with Crippen molar-refractivity contribution in [2.75, 3.05) is 7.11 Å². The van der Waals surface area contributed by atoms with Crippen LogP contribution in [-0.4, -0.2) is 46.0 Å². The molecule has 1 heterocycles. The van der Waals surface area contributed by atoms with Crippen molar-refractivity contribution in [2.45, 2.75) is 64.3 Å². The van der Waals surface area contributed by atoms with E-state index < -0.39 is 18.2 Å². The van der Waals surface area contributed by atoms with Gasteiger partial charge < -0.3 is 24.8 Å². The highest BCUT2D eigenvalue weighted by Gasteiger charge is 2.30. The lowest BCUT2D eigenvalue weighted by Gasteiger charge is -2.20. The van der Waals surface area contributed by atoms with Crippen molar-refractivity contribution in [1.29, 1.82) is 0 Å². The molecule has 7 nitrogen and oxygen atoms in total. The number of amides is 1. The number of nitrogens with zero attached hydrogens (tertiary/aromatic N) is 1. The lowest BCUT2D eigenvalue weighted by atomic mass is 9.92. The van der Waals surface area contributed by atoms with E-state index >= 15 is 0 Å². The van der Waals surface area contributed by atoms with E-state index in [1.807, 2.05) is 79.1 Å². The van der Waals surface area contributed by atoms with Gasteiger partial charge in [-0.3, -0.25) is 9.59 Å². The van der Waals surface area contributed by atoms with Crippen LogP contribution in [0.15, 0.2) is 84.9 Å². The summed E-state index contributed by atoms with van der Waals surface area (Å²) in [5.74, 6) is -1.17. The predicted octanol–water partition coefficient (Wildman–Crippen LogP) is 6.08. The Hall–Kier alpha value is -4.27. The summed E-state index contributed by atoms with van der Waals surface area (Å²) in [4.78, 5) is 25.7. The summed E-state index contributed by atoms with van der Waals surface area (Å²) in [5, 5.41) is 24.2. The second-order valence-corrected chi connectivity index (χ2v) is 10.9. The fourth-order valence-corrected chi connectivity index (χ4v) is 5.45. The molecule has 8 heteroatoms. The average Bonchev–Trinajstić information content (AvgIpc) is 3.35. The Labute approximate surface area is 252 Å². The van der Waals surface area contributed by atoms with Crippen molar-refractivity contribution in [1.82, 2.24) is 9.88 Å². The van der Waals surface area contributed by atoms with Gasteiger partial charge in [0.05, 0.1) is 25.7 Å². The molecule has 0 spiro atoms. The van der Waals surface area contributed by atoms with Gasteiger partial charge >= 0.3 is 5.97 Å². The van der Waals surface area contributed by atoms with Crippen LogP contribution in [0.4, 0.5) is 4.39 Å². The zero-order valence-electron chi connectivity index (χ0n) is 24.8. The number of rotatable bonds is 13. The van der Waals surface area contributed by atoms with Gasteiger partial charge in [0.15, 0.2) is 0 Å². The number of aliphatic hydroxyl groups is 2. The first-order valence-corrected chi connectivity index (χ1v) is 14.5. The monoisotopic (exact) mass is 586 g/mol. The van der Waals surface area contributed by atoms with E-state index in [1.54, 1.807) is 12.1 Å². The molecule has 2 atom stereocenters. The van der Waals surface area contributed by atoms with Gasteiger partial charge in [0, 0.05) is 29.4 Å². The number of halogens is 1. The molecule has 4 rings (SSSR count). The molecule has 1 amide bonds. The maximum absolute atomic E-state index is 14.1. The Balaban J connectivity index is 1.82. The molecule has 0 radical (unpaired) electrons. The number of aliphatic hydroxyl groups excluding tert-OH is 2. The molecule has 0 aliphatic carbocycles. The van der Waals surface area contributed by atoms with Gasteiger partial charge in [0.2, 0.25) is 0 Å². The van der Waals surface area contributed by atoms with Crippen LogP contribution in [0.25, 0.3) is 22.3 Å². The Bertz CT molecular complexity index is 1500. The summed E-state index contributed by atoms with van der Waals surface area (Å²) in [5.41, 5.74) is 5.34. The lowest BCUT2D eigenvalue weighted by Crippen LogP contribution is -2.27. The largest absolute Gasteiger partial charge is 0.469 e. The van der Waals surface area contributed by atoms with Gasteiger partial charge in [-0.1, -0.05) is 72.8 Å². The Morgan fingerprint density at radius 1 is 0.860 bits per heavy atom. The first-order chi connectivity index (χ1) is 20.7. The number of methoxy groups -OCH3 is 1. The minimum atomic E-state index is -1.05. The summed E-state index contributed by atoms with van der Waals surface area (Å²) in [6.07, 6.45) is -1.53. The van der Waals surface area contributed by atoms with E-state index in [9.17, 15) is 24.2 Å². The van der Waals surface area contributed by atoms with E-state index in [0.717, 1.165) is 33.5 Å². The van der Waals surface area contributed by atoms with Gasteiger partial charge in [0.1, 0.15) is 11.5 Å². The quantitative estimate of drug-likeness (QED) is 0.165. The Kier molecular flexibility index (Phi) is 10.9. The minimum Gasteiger partial charge on any atom is -0.469 e. The Morgan fingerprint density at radius 3 is 2.07 bits per heavy atom. The molecular weight excluding hydrogens is 547 g/mol. The van der Waals surface area contributed by atoms with Gasteiger partial charge in [-0.25, -0.2) is 4.39 Å². The normalized spacial score (nSPS) is 12.6. The van der Waals surface area contributed by atoms with Gasteiger partial charge in [-0.15, -0.1) is 0 Å². The van der Waals surface area contributed by atoms with Crippen molar-refractivity contribution in [3.05, 3.63) is 108 Å². The molecule has 0 saturated carbocycles. The maximum Gasteiger partial charge on any atom is 0.308 e. The maximum atomic E-state index is 14.1. The van der Waals surface area contributed by atoms with Crippen LogP contribution >= 0.6 is 0 Å². The van der Waals surface area contributed by atoms with Crippen molar-refractivity contribution in [2.24, 2.45) is 0 Å². The number of nitrogens with one attached hydrogen (secondary N) is 1. The Morgan fingerprint density at radius 2 is 1.47 bits per heavy atom. The molecule has 226 valence electrons. The van der Waals surface area contributed by atoms with Crippen LogP contribution in [0.3, 0.4) is 0 Å². The van der Waals surface area contributed by atoms with E-state index in [2.05, 4.69) is 10.1 Å². The standard InChI is InChI=1S/C35H39FN2O5/c1-23(2)38-30(19-18-28(39)20-29(40)21-31(41)43-3)32(26-14-16-27(36)17-15-26)33(25-12-8-5-9-13-25)34(38)35(42)37-22-24-10-6-4-7-11-24/h4-17,23,28-29,39-40H,18-22H2,1-3H3,(H,37,42)/t28-,29-/m1/s1. The number of benzene rings is 3. The predicted molar refractivity (Wildman–Crippen MR) is 165 cm³/mol. The number of hydrogen-bond donors (Lipinski definition) is 3. The lowest BCUT2D eigenvalue weighted by molar-refractivity contribution is -0.143. The number of aromatic nitrogens is 1. The highest BCUT2D eigenvalue weighted by atomic mass is 19.1. The summed E-state index contributed by atoms with van der Waals surface area (Å²) >= 11 is 0. The van der Waals surface area contributed by atoms with Gasteiger partial charge in [0.25, 0.3) is 5.91 Å². The summed E-state index contributed by atoms with van der Waals surface area (Å²) < 4.78 is 20.7. The van der Waals surface area contributed by atoms with Gasteiger partial charge in [-0.05, 0) is 61.9 Å². The molecule has 0 unspecified atom stereocenters. The number of hydrogen-bond acceptors (Lipinski definition) is 5. The SMILES string of the molecule is COC(=O)C[C@H](O)C[C@H](O)CCc1c(-c2ccc(F)cc2)c(-c2ccccc2)c(C(=O)NCc2ccccc2)n1C(C)C. The molecule has 0 saturated heterocycles. The van der Waals surface area contributed by atoms with Crippen molar-refractivity contribution < 1.29 is 28.9 Å². The van der Waals surface area contributed by atoms with E-state index in [4.69, 9.17) is 0 Å². The van der Waals surface area contributed by atoms with Crippen molar-refractivity contribution in [3.63, 3.8) is 0 Å². The van der Waals surface area contributed by atoms with Crippen molar-refractivity contribution in [3.8, 4) is 22.3 Å². The average molecular weight is 587 g/mol. The molecule has 0 aliphatic rings. The third-order valence-electron chi connectivity index (χ3n) is 7.42. The van der Waals surface area contributed by atoms with E-state index in [0.29, 0.717) is 18.7 Å². The zero-order valence-corrected chi connectivity index (χ0v) is 24.8. The number of ether oxygens (including phenoxy) is 1. The topological polar surface area (TPSA) is 101 Å². The third kappa shape index (κ3) is 7.97. The molecule has 3 aromatic carbocycles. The van der Waals surface area contributed by atoms with Crippen LogP contribution in [0.2, 0.25) is 0 Å². The smallest absolute Gasteiger partial charge is 0.308 e. The fourth-order valence-electron chi connectivity index (χ4n) is 5.45.